The van der Waals surface area contributed by atoms with Crippen LogP contribution in [0, 0.1) is 0 Å². The zero-order chi connectivity index (χ0) is 21.7. The van der Waals surface area contributed by atoms with Gasteiger partial charge in [0.05, 0.1) is 40.8 Å². The maximum Gasteiger partial charge on any atom is 0.262 e. The first-order valence-electron chi connectivity index (χ1n) is 8.63. The maximum absolute atomic E-state index is 12.9. The third-order valence-corrected chi connectivity index (χ3v) is 6.24. The molecule has 0 radical (unpaired) electrons. The zero-order valence-corrected chi connectivity index (χ0v) is 18.1. The van der Waals surface area contributed by atoms with Crippen LogP contribution in [0.1, 0.15) is 15.9 Å². The van der Waals surface area contributed by atoms with Crippen LogP contribution in [-0.2, 0) is 16.6 Å². The number of sulfonamides is 1. The highest BCUT2D eigenvalue weighted by molar-refractivity contribution is 7.92. The normalized spacial score (nSPS) is 11.0. The highest BCUT2D eigenvalue weighted by atomic mass is 35.5. The highest BCUT2D eigenvalue weighted by Gasteiger charge is 2.22. The molecule has 1 heterocycles. The summed E-state index contributed by atoms with van der Waals surface area (Å²) in [7, 11) is -2.61. The zero-order valence-electron chi connectivity index (χ0n) is 15.7. The first-order chi connectivity index (χ1) is 14.3. The van der Waals surface area contributed by atoms with Gasteiger partial charge in [0.15, 0.2) is 0 Å². The van der Waals surface area contributed by atoms with Gasteiger partial charge in [0, 0.05) is 12.6 Å². The minimum absolute atomic E-state index is 0.000848. The molecule has 1 aromatic heterocycles. The van der Waals surface area contributed by atoms with Gasteiger partial charge in [-0.05, 0) is 29.8 Å². The van der Waals surface area contributed by atoms with E-state index < -0.39 is 15.9 Å². The number of hydrogen-bond acceptors (Lipinski definition) is 5. The summed E-state index contributed by atoms with van der Waals surface area (Å²) in [6, 6.07) is 12.4. The van der Waals surface area contributed by atoms with Crippen molar-refractivity contribution >= 4 is 44.8 Å². The Kier molecular flexibility index (Phi) is 6.81. The minimum Gasteiger partial charge on any atom is -0.495 e. The second kappa shape index (κ2) is 9.34. The van der Waals surface area contributed by atoms with Crippen LogP contribution in [0.2, 0.25) is 10.0 Å². The Hall–Kier alpha value is -2.81. The first-order valence-corrected chi connectivity index (χ1v) is 10.9. The van der Waals surface area contributed by atoms with Crippen LogP contribution in [0.3, 0.4) is 0 Å². The largest absolute Gasteiger partial charge is 0.495 e. The van der Waals surface area contributed by atoms with E-state index in [9.17, 15) is 13.2 Å². The second-order valence-electron chi connectivity index (χ2n) is 6.15. The Bertz CT molecular complexity index is 1190. The molecule has 30 heavy (non-hydrogen) atoms. The number of rotatable bonds is 7. The van der Waals surface area contributed by atoms with Crippen LogP contribution in [-0.4, -0.2) is 26.4 Å². The van der Waals surface area contributed by atoms with E-state index in [-0.39, 0.29) is 22.7 Å². The number of nitrogens with one attached hydrogen (secondary N) is 2. The van der Waals surface area contributed by atoms with Gasteiger partial charge in [0.1, 0.15) is 10.6 Å². The number of ether oxygens (including phenoxy) is 1. The van der Waals surface area contributed by atoms with E-state index in [2.05, 4.69) is 15.0 Å². The van der Waals surface area contributed by atoms with Crippen LogP contribution >= 0.6 is 23.2 Å². The second-order valence-corrected chi connectivity index (χ2v) is 8.61. The predicted molar refractivity (Wildman–Crippen MR) is 116 cm³/mol. The molecule has 0 aliphatic rings. The molecular formula is C20H17Cl2N3O4S. The van der Waals surface area contributed by atoms with Crippen molar-refractivity contribution in [3.05, 3.63) is 82.1 Å². The standard InChI is InChI=1S/C20H17Cl2N3O4S/c1-29-15-9-14(11-23-12-15)25-30(27,28)19-5-3-2-4-16(19)20(26)24-10-13-6-7-17(21)18(22)8-13/h2-9,11-12,25H,10H2,1H3,(H,24,26). The third-order valence-electron chi connectivity index (χ3n) is 4.06. The Balaban J connectivity index is 1.81. The molecule has 3 aromatic rings. The number of amides is 1. The molecule has 7 nitrogen and oxygen atoms in total. The number of methoxy groups -OCH3 is 1. The lowest BCUT2D eigenvalue weighted by Crippen LogP contribution is -2.26. The number of halogens is 2. The number of anilines is 1. The van der Waals surface area contributed by atoms with Crippen molar-refractivity contribution in [2.24, 2.45) is 0 Å². The summed E-state index contributed by atoms with van der Waals surface area (Å²) in [5, 5.41) is 3.46. The molecule has 0 spiro atoms. The molecule has 0 unspecified atom stereocenters. The molecule has 2 N–H and O–H groups in total. The number of nitrogens with zero attached hydrogens (tertiary/aromatic N) is 1. The Morgan fingerprint density at radius 3 is 2.57 bits per heavy atom. The molecule has 156 valence electrons. The van der Waals surface area contributed by atoms with E-state index in [1.165, 1.54) is 43.8 Å². The smallest absolute Gasteiger partial charge is 0.262 e. The molecule has 2 aromatic carbocycles. The van der Waals surface area contributed by atoms with Gasteiger partial charge < -0.3 is 10.1 Å². The van der Waals surface area contributed by atoms with E-state index in [1.54, 1.807) is 24.3 Å². The highest BCUT2D eigenvalue weighted by Crippen LogP contribution is 2.24. The monoisotopic (exact) mass is 465 g/mol. The molecule has 0 aliphatic heterocycles. The molecular weight excluding hydrogens is 449 g/mol. The molecule has 10 heteroatoms. The molecule has 0 atom stereocenters. The molecule has 0 fully saturated rings. The lowest BCUT2D eigenvalue weighted by atomic mass is 10.2. The average molecular weight is 466 g/mol. The number of carbonyl (C=O) groups excluding carboxylic acids is 1. The average Bonchev–Trinajstić information content (AvgIpc) is 2.74. The van der Waals surface area contributed by atoms with Crippen molar-refractivity contribution in [3.8, 4) is 5.75 Å². The summed E-state index contributed by atoms with van der Waals surface area (Å²) < 4.78 is 33.2. The van der Waals surface area contributed by atoms with Gasteiger partial charge in [-0.15, -0.1) is 0 Å². The number of hydrogen-bond donors (Lipinski definition) is 2. The topological polar surface area (TPSA) is 97.4 Å². The number of benzene rings is 2. The van der Waals surface area contributed by atoms with Gasteiger partial charge in [0.25, 0.3) is 15.9 Å². The van der Waals surface area contributed by atoms with E-state index in [4.69, 9.17) is 27.9 Å². The third kappa shape index (κ3) is 5.21. The summed E-state index contributed by atoms with van der Waals surface area (Å²) in [6.07, 6.45) is 2.79. The quantitative estimate of drug-likeness (QED) is 0.546. The van der Waals surface area contributed by atoms with Crippen molar-refractivity contribution in [1.82, 2.24) is 10.3 Å². The fourth-order valence-corrected chi connectivity index (χ4v) is 4.17. The van der Waals surface area contributed by atoms with Crippen molar-refractivity contribution in [2.75, 3.05) is 11.8 Å². The molecule has 0 bridgehead atoms. The molecule has 0 saturated carbocycles. The minimum atomic E-state index is -4.05. The van der Waals surface area contributed by atoms with Gasteiger partial charge in [-0.25, -0.2) is 8.42 Å². The summed E-state index contributed by atoms with van der Waals surface area (Å²) in [6.45, 7) is 0.150. The lowest BCUT2D eigenvalue weighted by Gasteiger charge is -2.13. The van der Waals surface area contributed by atoms with E-state index in [0.717, 1.165) is 5.56 Å². The van der Waals surface area contributed by atoms with E-state index in [0.29, 0.717) is 15.8 Å². The summed E-state index contributed by atoms with van der Waals surface area (Å²) >= 11 is 11.9. The van der Waals surface area contributed by atoms with Crippen LogP contribution in [0.25, 0.3) is 0 Å². The number of pyridine rings is 1. The van der Waals surface area contributed by atoms with Crippen LogP contribution < -0.4 is 14.8 Å². The van der Waals surface area contributed by atoms with Crippen LogP contribution in [0.5, 0.6) is 5.75 Å². The Morgan fingerprint density at radius 2 is 1.83 bits per heavy atom. The number of carbonyl (C=O) groups is 1. The maximum atomic E-state index is 12.9. The fourth-order valence-electron chi connectivity index (χ4n) is 2.61. The summed E-state index contributed by atoms with van der Waals surface area (Å²) in [5.41, 5.74) is 0.931. The Labute approximate surface area is 184 Å². The van der Waals surface area contributed by atoms with Crippen molar-refractivity contribution in [1.29, 1.82) is 0 Å². The molecule has 3 rings (SSSR count). The SMILES string of the molecule is COc1cncc(NS(=O)(=O)c2ccccc2C(=O)NCc2ccc(Cl)c(Cl)c2)c1. The van der Waals surface area contributed by atoms with Gasteiger partial charge in [-0.3, -0.25) is 14.5 Å². The molecule has 0 aliphatic carbocycles. The molecule has 0 saturated heterocycles. The lowest BCUT2D eigenvalue weighted by molar-refractivity contribution is 0.0947. The molecule has 1 amide bonds. The van der Waals surface area contributed by atoms with Gasteiger partial charge in [-0.1, -0.05) is 41.4 Å². The van der Waals surface area contributed by atoms with Gasteiger partial charge in [-0.2, -0.15) is 0 Å². The van der Waals surface area contributed by atoms with Crippen molar-refractivity contribution < 1.29 is 17.9 Å². The fraction of sp³-hybridized carbons (Fsp3) is 0.100. The predicted octanol–water partition coefficient (Wildman–Crippen LogP) is 4.13. The van der Waals surface area contributed by atoms with Crippen molar-refractivity contribution in [3.63, 3.8) is 0 Å². The van der Waals surface area contributed by atoms with E-state index >= 15 is 0 Å². The van der Waals surface area contributed by atoms with Crippen LogP contribution in [0.4, 0.5) is 5.69 Å². The van der Waals surface area contributed by atoms with E-state index in [1.807, 2.05) is 0 Å². The Morgan fingerprint density at radius 1 is 1.07 bits per heavy atom. The first kappa shape index (κ1) is 21.9. The number of aromatic nitrogens is 1. The summed E-state index contributed by atoms with van der Waals surface area (Å²) in [5.74, 6) is -0.159. The van der Waals surface area contributed by atoms with Gasteiger partial charge in [0.2, 0.25) is 0 Å². The summed E-state index contributed by atoms with van der Waals surface area (Å²) in [4.78, 5) is 16.4. The van der Waals surface area contributed by atoms with Gasteiger partial charge >= 0.3 is 0 Å². The van der Waals surface area contributed by atoms with Crippen LogP contribution in [0.15, 0.2) is 65.8 Å². The van der Waals surface area contributed by atoms with Crippen molar-refractivity contribution in [2.45, 2.75) is 11.4 Å².